The molecule has 0 radical (unpaired) electrons. The largest absolute Gasteiger partial charge is 0.375 e. The second-order valence-electron chi connectivity index (χ2n) is 8.19. The molecule has 35 heavy (non-hydrogen) atoms. The van der Waals surface area contributed by atoms with E-state index < -0.39 is 10.0 Å². The zero-order valence-electron chi connectivity index (χ0n) is 19.6. The molecule has 10 heteroatoms. The van der Waals surface area contributed by atoms with Gasteiger partial charge in [0.1, 0.15) is 5.69 Å². The van der Waals surface area contributed by atoms with Crippen molar-refractivity contribution in [1.82, 2.24) is 4.98 Å². The third-order valence-corrected chi connectivity index (χ3v) is 8.16. The number of para-hydroxylation sites is 1. The second-order valence-corrected chi connectivity index (χ2v) is 11.3. The van der Waals surface area contributed by atoms with E-state index in [0.29, 0.717) is 37.8 Å². The first-order valence-electron chi connectivity index (χ1n) is 10.7. The lowest BCUT2D eigenvalue weighted by Gasteiger charge is -2.12. The minimum atomic E-state index is -3.90. The lowest BCUT2D eigenvalue weighted by atomic mass is 9.99. The Bertz CT molecular complexity index is 1560. The molecule has 3 N–H and O–H groups in total. The summed E-state index contributed by atoms with van der Waals surface area (Å²) in [5, 5.41) is 9.92. The maximum Gasteiger partial charge on any atom is 0.262 e. The van der Waals surface area contributed by atoms with Crippen molar-refractivity contribution in [3.63, 3.8) is 0 Å². The maximum absolute atomic E-state index is 13.1. The minimum absolute atomic E-state index is 0.0860. The average Bonchev–Trinajstić information content (AvgIpc) is 3.17. The number of hydrogen-bond acceptors (Lipinski definition) is 7. The van der Waals surface area contributed by atoms with E-state index in [9.17, 15) is 8.42 Å². The van der Waals surface area contributed by atoms with Crippen LogP contribution in [0.15, 0.2) is 69.7 Å². The van der Waals surface area contributed by atoms with Crippen LogP contribution in [0, 0.1) is 27.7 Å². The Morgan fingerprint density at radius 3 is 2.37 bits per heavy atom. The predicted octanol–water partition coefficient (Wildman–Crippen LogP) is 7.50. The van der Waals surface area contributed by atoms with Gasteiger partial charge in [0.05, 0.1) is 21.3 Å². The predicted molar refractivity (Wildman–Crippen MR) is 144 cm³/mol. The highest BCUT2D eigenvalue weighted by Gasteiger charge is 2.19. The van der Waals surface area contributed by atoms with Gasteiger partial charge in [0.25, 0.3) is 10.0 Å². The summed E-state index contributed by atoms with van der Waals surface area (Å²) in [5.41, 5.74) is 12.2. The number of benzene rings is 3. The van der Waals surface area contributed by atoms with Crippen LogP contribution in [0.1, 0.15) is 22.3 Å². The fraction of sp³-hybridized carbons (Fsp3) is 0.160. The monoisotopic (exact) mass is 525 g/mol. The van der Waals surface area contributed by atoms with Crippen molar-refractivity contribution in [3.8, 4) is 11.3 Å². The molecule has 0 bridgehead atoms. The number of thiazole rings is 1. The molecule has 0 aliphatic carbocycles. The molecule has 4 rings (SSSR count). The van der Waals surface area contributed by atoms with E-state index in [0.717, 1.165) is 16.7 Å². The Hall–Kier alpha value is -3.27. The van der Waals surface area contributed by atoms with Crippen LogP contribution >= 0.6 is 22.9 Å². The van der Waals surface area contributed by atoms with Crippen molar-refractivity contribution < 1.29 is 8.42 Å². The van der Waals surface area contributed by atoms with Gasteiger partial charge in [-0.15, -0.1) is 10.2 Å². The summed E-state index contributed by atoms with van der Waals surface area (Å²) in [6.07, 6.45) is 0. The molecular weight excluding hydrogens is 502 g/mol. The fourth-order valence-electron chi connectivity index (χ4n) is 3.57. The van der Waals surface area contributed by atoms with Gasteiger partial charge < -0.3 is 5.73 Å². The Balaban J connectivity index is 1.69. The first kappa shape index (κ1) is 24.8. The van der Waals surface area contributed by atoms with E-state index in [-0.39, 0.29) is 4.90 Å². The van der Waals surface area contributed by atoms with Gasteiger partial charge in [-0.1, -0.05) is 47.2 Å². The molecule has 0 saturated heterocycles. The number of nitrogens with two attached hydrogens (primary N) is 1. The number of halogens is 1. The summed E-state index contributed by atoms with van der Waals surface area (Å²) in [5.74, 6) is 0. The molecular formula is C25H24ClN5O2S2. The number of sulfonamides is 1. The van der Waals surface area contributed by atoms with Crippen LogP contribution in [0.5, 0.6) is 0 Å². The summed E-state index contributed by atoms with van der Waals surface area (Å²) in [7, 11) is -3.90. The van der Waals surface area contributed by atoms with Crippen LogP contribution in [0.4, 0.5) is 21.5 Å². The second kappa shape index (κ2) is 9.77. The molecule has 1 aromatic heterocycles. The molecule has 1 heterocycles. The van der Waals surface area contributed by atoms with Crippen molar-refractivity contribution in [3.05, 3.63) is 81.9 Å². The highest BCUT2D eigenvalue weighted by Crippen LogP contribution is 2.40. The van der Waals surface area contributed by atoms with Gasteiger partial charge in [0.15, 0.2) is 10.1 Å². The van der Waals surface area contributed by atoms with Crippen molar-refractivity contribution in [2.24, 2.45) is 10.2 Å². The molecule has 0 fully saturated rings. The third-order valence-electron chi connectivity index (χ3n) is 5.56. The first-order chi connectivity index (χ1) is 16.5. The van der Waals surface area contributed by atoms with Crippen LogP contribution in [0.2, 0.25) is 5.02 Å². The quantitative estimate of drug-likeness (QED) is 0.254. The van der Waals surface area contributed by atoms with Gasteiger partial charge in [0.2, 0.25) is 0 Å². The molecule has 0 amide bonds. The molecule has 0 aliphatic rings. The van der Waals surface area contributed by atoms with Gasteiger partial charge in [-0.3, -0.25) is 4.72 Å². The number of rotatable bonds is 6. The van der Waals surface area contributed by atoms with E-state index in [4.69, 9.17) is 17.3 Å². The number of nitrogen functional groups attached to an aromatic ring is 1. The standard InChI is InChI=1S/C25H24ClN5O2S2/c1-14-9-10-18(13-22(14)35(32,33)31-21-8-6-5-7-20(21)26)29-30-24-23(28-25(27)34-24)19-12-16(3)15(2)11-17(19)4/h5-13,31H,1-4H3,(H2,27,28). The van der Waals surface area contributed by atoms with E-state index in [1.165, 1.54) is 23.0 Å². The zero-order chi connectivity index (χ0) is 25.3. The van der Waals surface area contributed by atoms with Gasteiger partial charge in [0, 0.05) is 5.56 Å². The number of nitrogens with zero attached hydrogens (tertiary/aromatic N) is 3. The van der Waals surface area contributed by atoms with E-state index in [1.54, 1.807) is 43.3 Å². The van der Waals surface area contributed by atoms with Crippen LogP contribution in [0.25, 0.3) is 11.3 Å². The first-order valence-corrected chi connectivity index (χ1v) is 13.4. The number of anilines is 2. The van der Waals surface area contributed by atoms with Crippen LogP contribution in [0.3, 0.4) is 0 Å². The van der Waals surface area contributed by atoms with Crippen LogP contribution in [-0.2, 0) is 10.0 Å². The van der Waals surface area contributed by atoms with Crippen molar-refractivity contribution in [2.45, 2.75) is 32.6 Å². The van der Waals surface area contributed by atoms with E-state index >= 15 is 0 Å². The molecule has 4 aromatic rings. The molecule has 3 aromatic carbocycles. The normalized spacial score (nSPS) is 11.8. The highest BCUT2D eigenvalue weighted by atomic mass is 35.5. The molecule has 7 nitrogen and oxygen atoms in total. The summed E-state index contributed by atoms with van der Waals surface area (Å²) in [6.45, 7) is 7.83. The third kappa shape index (κ3) is 5.37. The van der Waals surface area contributed by atoms with Gasteiger partial charge in [-0.05, 0) is 80.3 Å². The van der Waals surface area contributed by atoms with Gasteiger partial charge in [-0.2, -0.15) is 0 Å². The number of aromatic nitrogens is 1. The summed E-state index contributed by atoms with van der Waals surface area (Å²) in [4.78, 5) is 4.56. The van der Waals surface area contributed by atoms with Crippen molar-refractivity contribution >= 4 is 54.5 Å². The summed E-state index contributed by atoms with van der Waals surface area (Å²) in [6, 6.07) is 15.7. The molecule has 0 atom stereocenters. The van der Waals surface area contributed by atoms with Crippen LogP contribution < -0.4 is 10.5 Å². The summed E-state index contributed by atoms with van der Waals surface area (Å²) >= 11 is 7.35. The van der Waals surface area contributed by atoms with E-state index in [1.807, 2.05) is 13.8 Å². The molecule has 0 saturated carbocycles. The molecule has 180 valence electrons. The van der Waals surface area contributed by atoms with Crippen LogP contribution in [-0.4, -0.2) is 13.4 Å². The Morgan fingerprint density at radius 2 is 1.63 bits per heavy atom. The molecule has 0 spiro atoms. The maximum atomic E-state index is 13.1. The average molecular weight is 526 g/mol. The topological polar surface area (TPSA) is 110 Å². The minimum Gasteiger partial charge on any atom is -0.375 e. The van der Waals surface area contributed by atoms with Gasteiger partial charge >= 0.3 is 0 Å². The Morgan fingerprint density at radius 1 is 0.914 bits per heavy atom. The smallest absolute Gasteiger partial charge is 0.262 e. The van der Waals surface area contributed by atoms with Gasteiger partial charge in [-0.25, -0.2) is 13.4 Å². The number of aryl methyl sites for hydroxylation is 4. The Labute approximate surface area is 213 Å². The SMILES string of the molecule is Cc1cc(C)c(-c2nc(N)sc2N=Nc2ccc(C)c(S(=O)(=O)Nc3ccccc3Cl)c2)cc1C. The number of nitrogens with one attached hydrogen (secondary N) is 1. The highest BCUT2D eigenvalue weighted by molar-refractivity contribution is 7.92. The Kier molecular flexibility index (Phi) is 6.93. The fourth-order valence-corrected chi connectivity index (χ4v) is 5.83. The lowest BCUT2D eigenvalue weighted by Crippen LogP contribution is -2.14. The molecule has 0 unspecified atom stereocenters. The number of azo groups is 1. The number of hydrogen-bond donors (Lipinski definition) is 2. The van der Waals surface area contributed by atoms with Crippen molar-refractivity contribution in [1.29, 1.82) is 0 Å². The van der Waals surface area contributed by atoms with Crippen molar-refractivity contribution in [2.75, 3.05) is 10.5 Å². The van der Waals surface area contributed by atoms with E-state index in [2.05, 4.69) is 39.0 Å². The molecule has 0 aliphatic heterocycles. The summed E-state index contributed by atoms with van der Waals surface area (Å²) < 4.78 is 28.7. The zero-order valence-corrected chi connectivity index (χ0v) is 22.0. The lowest BCUT2D eigenvalue weighted by molar-refractivity contribution is 0.600.